The van der Waals surface area contributed by atoms with Crippen LogP contribution in [0.2, 0.25) is 0 Å². The van der Waals surface area contributed by atoms with Crippen molar-refractivity contribution in [2.24, 2.45) is 5.41 Å². The van der Waals surface area contributed by atoms with Gasteiger partial charge in [0.1, 0.15) is 5.75 Å². The average molecular weight is 557 g/mol. The highest BCUT2D eigenvalue weighted by Gasteiger charge is 2.15. The highest BCUT2D eigenvalue weighted by molar-refractivity contribution is 6.04. The van der Waals surface area contributed by atoms with Crippen LogP contribution in [0.1, 0.15) is 40.5 Å². The van der Waals surface area contributed by atoms with Crippen molar-refractivity contribution in [2.45, 2.75) is 40.5 Å². The second-order valence-corrected chi connectivity index (χ2v) is 11.4. The normalized spacial score (nSPS) is 12.4. The SMILES string of the molecule is C=C/C=C(CC)\C(=C/CC(C)(C)C)NC(=O)Nc1ccc(Oc2ccnc(N(C)CCN(C)C)n2)c2ccccc12. The molecule has 8 nitrogen and oxygen atoms in total. The zero-order chi connectivity index (χ0) is 30.0. The van der Waals surface area contributed by atoms with Gasteiger partial charge in [-0.05, 0) is 50.1 Å². The van der Waals surface area contributed by atoms with Gasteiger partial charge >= 0.3 is 6.03 Å². The first-order chi connectivity index (χ1) is 19.5. The lowest BCUT2D eigenvalue weighted by Gasteiger charge is -2.20. The standard InChI is InChI=1S/C33H44N6O2/c1-9-13-24(10-2)27(18-20-33(3,4)5)35-32(40)36-28-16-17-29(26-15-12-11-14-25(26)28)41-30-19-21-34-31(37-30)39(8)23-22-38(6)7/h9,11-19,21H,1,10,20,22-23H2,2-8H3,(H2,35,36,40)/b24-13-,27-18+. The highest BCUT2D eigenvalue weighted by Crippen LogP contribution is 2.34. The Morgan fingerprint density at radius 3 is 2.44 bits per heavy atom. The van der Waals surface area contributed by atoms with Crippen molar-refractivity contribution in [3.05, 3.63) is 84.7 Å². The summed E-state index contributed by atoms with van der Waals surface area (Å²) in [6.45, 7) is 14.1. The van der Waals surface area contributed by atoms with Crippen molar-refractivity contribution in [2.75, 3.05) is 44.4 Å². The molecule has 2 aromatic carbocycles. The Morgan fingerprint density at radius 1 is 1.05 bits per heavy atom. The number of urea groups is 1. The number of amides is 2. The number of nitrogens with zero attached hydrogens (tertiary/aromatic N) is 4. The molecule has 218 valence electrons. The Kier molecular flexibility index (Phi) is 11.1. The molecule has 1 heterocycles. The molecule has 2 amide bonds. The maximum atomic E-state index is 13.2. The summed E-state index contributed by atoms with van der Waals surface area (Å²) in [5.74, 6) is 1.68. The van der Waals surface area contributed by atoms with Gasteiger partial charge in [0.05, 0.1) is 5.69 Å². The Labute approximate surface area is 244 Å². The number of hydrogen-bond donors (Lipinski definition) is 2. The summed E-state index contributed by atoms with van der Waals surface area (Å²) in [6.07, 6.45) is 9.06. The summed E-state index contributed by atoms with van der Waals surface area (Å²) in [4.78, 5) is 26.3. The van der Waals surface area contributed by atoms with E-state index < -0.39 is 0 Å². The third-order valence-corrected chi connectivity index (χ3v) is 6.40. The van der Waals surface area contributed by atoms with Gasteiger partial charge < -0.3 is 25.2 Å². The van der Waals surface area contributed by atoms with E-state index in [4.69, 9.17) is 4.74 Å². The molecule has 41 heavy (non-hydrogen) atoms. The summed E-state index contributed by atoms with van der Waals surface area (Å²) in [5.41, 5.74) is 2.58. The number of hydrogen-bond acceptors (Lipinski definition) is 6. The molecule has 0 spiro atoms. The zero-order valence-electron chi connectivity index (χ0n) is 25.5. The fraction of sp³-hybridized carbons (Fsp3) is 0.364. The van der Waals surface area contributed by atoms with Crippen LogP contribution in [0, 0.1) is 5.41 Å². The van der Waals surface area contributed by atoms with Gasteiger partial charge in [0.2, 0.25) is 11.8 Å². The summed E-state index contributed by atoms with van der Waals surface area (Å²) >= 11 is 0. The summed E-state index contributed by atoms with van der Waals surface area (Å²) < 4.78 is 6.23. The Balaban J connectivity index is 1.84. The molecular weight excluding hydrogens is 512 g/mol. The van der Waals surface area contributed by atoms with Gasteiger partial charge in [-0.15, -0.1) is 0 Å². The molecule has 0 atom stereocenters. The third-order valence-electron chi connectivity index (χ3n) is 6.40. The van der Waals surface area contributed by atoms with E-state index in [1.807, 2.05) is 68.5 Å². The molecule has 0 aliphatic heterocycles. The number of carbonyl (C=O) groups is 1. The van der Waals surface area contributed by atoms with Crippen molar-refractivity contribution in [1.29, 1.82) is 0 Å². The molecule has 0 saturated carbocycles. The largest absolute Gasteiger partial charge is 0.438 e. The lowest BCUT2D eigenvalue weighted by Crippen LogP contribution is -2.29. The minimum Gasteiger partial charge on any atom is -0.438 e. The molecule has 3 aromatic rings. The first-order valence-corrected chi connectivity index (χ1v) is 14.0. The van der Waals surface area contributed by atoms with Crippen LogP contribution in [0.3, 0.4) is 0 Å². The number of nitrogens with one attached hydrogen (secondary N) is 2. The fourth-order valence-electron chi connectivity index (χ4n) is 4.09. The van der Waals surface area contributed by atoms with Crippen LogP contribution in [0.5, 0.6) is 11.6 Å². The highest BCUT2D eigenvalue weighted by atomic mass is 16.5. The molecule has 0 bridgehead atoms. The Hall–Kier alpha value is -4.17. The first-order valence-electron chi connectivity index (χ1n) is 14.0. The lowest BCUT2D eigenvalue weighted by molar-refractivity contribution is 0.254. The minimum absolute atomic E-state index is 0.0918. The Bertz CT molecular complexity index is 1400. The predicted molar refractivity (Wildman–Crippen MR) is 171 cm³/mol. The van der Waals surface area contributed by atoms with E-state index in [1.54, 1.807) is 18.3 Å². The Morgan fingerprint density at radius 2 is 1.78 bits per heavy atom. The van der Waals surface area contributed by atoms with E-state index in [1.165, 1.54) is 0 Å². The lowest BCUT2D eigenvalue weighted by atomic mass is 9.91. The average Bonchev–Trinajstić information content (AvgIpc) is 2.93. The number of ether oxygens (including phenoxy) is 1. The molecule has 0 aliphatic rings. The van der Waals surface area contributed by atoms with Crippen molar-refractivity contribution < 1.29 is 9.53 Å². The van der Waals surface area contributed by atoms with E-state index in [-0.39, 0.29) is 11.4 Å². The van der Waals surface area contributed by atoms with Crippen LogP contribution in [-0.2, 0) is 0 Å². The smallest absolute Gasteiger partial charge is 0.323 e. The van der Waals surface area contributed by atoms with Gasteiger partial charge in [0.15, 0.2) is 0 Å². The van der Waals surface area contributed by atoms with Gasteiger partial charge in [0, 0.05) is 48.9 Å². The van der Waals surface area contributed by atoms with E-state index >= 15 is 0 Å². The van der Waals surface area contributed by atoms with Crippen molar-refractivity contribution in [1.82, 2.24) is 20.2 Å². The second-order valence-electron chi connectivity index (χ2n) is 11.4. The molecule has 0 aliphatic carbocycles. The maximum absolute atomic E-state index is 13.2. The molecule has 0 saturated heterocycles. The number of carbonyl (C=O) groups excluding carboxylic acids is 1. The van der Waals surface area contributed by atoms with Gasteiger partial charge in [-0.1, -0.05) is 76.8 Å². The van der Waals surface area contributed by atoms with E-state index in [0.29, 0.717) is 23.3 Å². The number of aromatic nitrogens is 2. The van der Waals surface area contributed by atoms with Crippen LogP contribution in [0.25, 0.3) is 10.8 Å². The van der Waals surface area contributed by atoms with Crippen molar-refractivity contribution in [3.63, 3.8) is 0 Å². The molecule has 0 unspecified atom stereocenters. The number of allylic oxidation sites excluding steroid dienone is 4. The van der Waals surface area contributed by atoms with Crippen LogP contribution in [-0.4, -0.2) is 55.1 Å². The molecule has 1 aromatic heterocycles. The third kappa shape index (κ3) is 9.46. The number of likely N-dealkylation sites (N-methyl/N-ethyl adjacent to an activating group) is 2. The number of rotatable bonds is 12. The summed E-state index contributed by atoms with van der Waals surface area (Å²) in [6, 6.07) is 12.9. The second kappa shape index (κ2) is 14.5. The van der Waals surface area contributed by atoms with Gasteiger partial charge in [0.25, 0.3) is 0 Å². The molecular formula is C33H44N6O2. The summed E-state index contributed by atoms with van der Waals surface area (Å²) in [7, 11) is 6.03. The first kappa shape index (κ1) is 31.4. The van der Waals surface area contributed by atoms with E-state index in [0.717, 1.165) is 48.0 Å². The number of anilines is 2. The van der Waals surface area contributed by atoms with Crippen LogP contribution in [0.4, 0.5) is 16.4 Å². The molecule has 2 N–H and O–H groups in total. The molecule has 0 radical (unpaired) electrons. The van der Waals surface area contributed by atoms with Crippen molar-refractivity contribution >= 4 is 28.4 Å². The van der Waals surface area contributed by atoms with Crippen LogP contribution < -0.4 is 20.3 Å². The minimum atomic E-state index is -0.311. The zero-order valence-corrected chi connectivity index (χ0v) is 25.5. The van der Waals surface area contributed by atoms with Gasteiger partial charge in [-0.25, -0.2) is 9.78 Å². The van der Waals surface area contributed by atoms with Crippen molar-refractivity contribution in [3.8, 4) is 11.6 Å². The maximum Gasteiger partial charge on any atom is 0.323 e. The monoisotopic (exact) mass is 556 g/mol. The predicted octanol–water partition coefficient (Wildman–Crippen LogP) is 7.38. The molecule has 3 rings (SSSR count). The molecule has 0 fully saturated rings. The van der Waals surface area contributed by atoms with Gasteiger partial charge in [-0.3, -0.25) is 0 Å². The number of benzene rings is 2. The topological polar surface area (TPSA) is 82.6 Å². The fourth-order valence-corrected chi connectivity index (χ4v) is 4.09. The number of fused-ring (bicyclic) bond motifs is 1. The van der Waals surface area contributed by atoms with E-state index in [2.05, 4.69) is 65.9 Å². The quantitative estimate of drug-likeness (QED) is 0.227. The van der Waals surface area contributed by atoms with E-state index in [9.17, 15) is 4.79 Å². The van der Waals surface area contributed by atoms with Crippen LogP contribution >= 0.6 is 0 Å². The summed E-state index contributed by atoms with van der Waals surface area (Å²) in [5, 5.41) is 7.82. The molecule has 8 heteroatoms. The van der Waals surface area contributed by atoms with Crippen LogP contribution in [0.15, 0.2) is 84.7 Å². The van der Waals surface area contributed by atoms with Gasteiger partial charge in [-0.2, -0.15) is 4.98 Å².